The van der Waals surface area contributed by atoms with E-state index in [-0.39, 0.29) is 51.3 Å². The van der Waals surface area contributed by atoms with Gasteiger partial charge in [-0.15, -0.1) is 0 Å². The van der Waals surface area contributed by atoms with Crippen molar-refractivity contribution < 1.29 is 14.3 Å². The highest BCUT2D eigenvalue weighted by Crippen LogP contribution is 2.46. The van der Waals surface area contributed by atoms with Gasteiger partial charge in [0.2, 0.25) is 0 Å². The number of anilines is 2. The molecule has 2 unspecified atom stereocenters. The van der Waals surface area contributed by atoms with Gasteiger partial charge in [-0.25, -0.2) is 19.3 Å². The number of nitrogens with zero attached hydrogens (tertiary/aromatic N) is 3. The third-order valence-corrected chi connectivity index (χ3v) is 7.29. The number of fused-ring (bicyclic) bond motifs is 3. The Bertz CT molecular complexity index is 1300. The Balaban J connectivity index is 1.61. The Hall–Kier alpha value is -3.59. The van der Waals surface area contributed by atoms with Crippen LogP contribution < -0.4 is 11.1 Å². The number of pyridine rings is 1. The predicted molar refractivity (Wildman–Crippen MR) is 131 cm³/mol. The number of benzene rings is 1. The van der Waals surface area contributed by atoms with Crippen molar-refractivity contribution in [3.8, 4) is 11.3 Å². The molecular weight excluding hydrogens is 471 g/mol. The zero-order valence-corrected chi connectivity index (χ0v) is 19.5. The van der Waals surface area contributed by atoms with Crippen molar-refractivity contribution >= 4 is 34.9 Å². The molecule has 0 aliphatic heterocycles. The first-order valence-corrected chi connectivity index (χ1v) is 11.8. The third kappa shape index (κ3) is 4.32. The molecular formula is C25H24ClFN6O2. The number of rotatable bonds is 6. The van der Waals surface area contributed by atoms with Gasteiger partial charge in [-0.05, 0) is 43.6 Å². The van der Waals surface area contributed by atoms with E-state index in [1.807, 2.05) is 0 Å². The minimum Gasteiger partial charge on any atom is -0.481 e. The van der Waals surface area contributed by atoms with Crippen molar-refractivity contribution in [2.45, 2.75) is 31.7 Å². The minimum absolute atomic E-state index is 0.00394. The lowest BCUT2D eigenvalue weighted by atomic mass is 9.61. The van der Waals surface area contributed by atoms with E-state index in [9.17, 15) is 9.90 Å². The van der Waals surface area contributed by atoms with E-state index in [0.717, 1.165) is 25.7 Å². The Kier molecular flexibility index (Phi) is 6.10. The fourth-order valence-electron chi connectivity index (χ4n) is 5.38. The molecule has 2 heterocycles. The number of hydrogen-bond acceptors (Lipinski definition) is 7. The maximum atomic E-state index is 15.8. The molecule has 10 heteroatoms. The van der Waals surface area contributed by atoms with E-state index in [1.165, 1.54) is 12.3 Å². The summed E-state index contributed by atoms with van der Waals surface area (Å²) >= 11 is 6.06. The summed E-state index contributed by atoms with van der Waals surface area (Å²) < 4.78 is 15.8. The lowest BCUT2D eigenvalue weighted by molar-refractivity contribution is -0.148. The van der Waals surface area contributed by atoms with Crippen LogP contribution in [0, 0.1) is 29.0 Å². The van der Waals surface area contributed by atoms with Crippen molar-refractivity contribution in [3.05, 3.63) is 64.8 Å². The first-order chi connectivity index (χ1) is 16.8. The van der Waals surface area contributed by atoms with E-state index >= 15 is 4.39 Å². The smallest absolute Gasteiger partial charge is 0.308 e. The van der Waals surface area contributed by atoms with Crippen LogP contribution in [0.5, 0.6) is 0 Å². The summed E-state index contributed by atoms with van der Waals surface area (Å²) in [5, 5.41) is 22.0. The van der Waals surface area contributed by atoms with Crippen LogP contribution in [-0.2, 0) is 4.79 Å². The molecule has 5 N–H and O–H groups in total. The zero-order valence-electron chi connectivity index (χ0n) is 18.7. The number of carbonyl (C=O) groups is 1. The topological polar surface area (TPSA) is 138 Å². The molecule has 0 saturated heterocycles. The monoisotopic (exact) mass is 494 g/mol. The minimum atomic E-state index is -0.889. The third-order valence-electron chi connectivity index (χ3n) is 7.08. The Morgan fingerprint density at radius 2 is 1.83 bits per heavy atom. The van der Waals surface area contributed by atoms with E-state index in [2.05, 4.69) is 20.3 Å². The summed E-state index contributed by atoms with van der Waals surface area (Å²) in [6, 6.07) is 9.76. The SMILES string of the molecule is N=C(c1nc(NC2C3CCC(CC3)C2C(=O)O)c(F)c(-c2ccccc2)n1)c1cc(Cl)cnc1N. The molecule has 1 aromatic carbocycles. The standard InChI is InChI=1S/C25H24ClFN6O2/c26-15-10-16(22(29)30-11-15)19(28)24-32-21(13-4-2-1-3-5-13)18(27)23(33-24)31-20-14-8-6-12(7-9-14)17(20)25(34)35/h1-5,10-12,14,17,20,28H,6-9H2,(H2,29,30)(H,34,35)(H,31,32,33). The average molecular weight is 495 g/mol. The highest BCUT2D eigenvalue weighted by molar-refractivity contribution is 6.31. The predicted octanol–water partition coefficient (Wildman–Crippen LogP) is 4.63. The van der Waals surface area contributed by atoms with Gasteiger partial charge in [-0.3, -0.25) is 10.2 Å². The largest absolute Gasteiger partial charge is 0.481 e. The summed E-state index contributed by atoms with van der Waals surface area (Å²) in [7, 11) is 0. The van der Waals surface area contributed by atoms with Gasteiger partial charge in [-0.1, -0.05) is 41.9 Å². The van der Waals surface area contributed by atoms with Crippen LogP contribution in [0.15, 0.2) is 42.6 Å². The van der Waals surface area contributed by atoms with Crippen LogP contribution in [-0.4, -0.2) is 37.8 Å². The summed E-state index contributed by atoms with van der Waals surface area (Å²) in [4.78, 5) is 24.8. The quantitative estimate of drug-likeness (QED) is 0.366. The van der Waals surface area contributed by atoms with Crippen molar-refractivity contribution in [3.63, 3.8) is 0 Å². The molecule has 0 radical (unpaired) electrons. The number of aliphatic carboxylic acids is 1. The molecule has 3 fully saturated rings. The molecule has 8 nitrogen and oxygen atoms in total. The highest BCUT2D eigenvalue weighted by Gasteiger charge is 2.47. The summed E-state index contributed by atoms with van der Waals surface area (Å²) in [6.45, 7) is 0. The van der Waals surface area contributed by atoms with Gasteiger partial charge in [0.25, 0.3) is 0 Å². The van der Waals surface area contributed by atoms with Crippen molar-refractivity contribution in [2.75, 3.05) is 11.1 Å². The summed E-state index contributed by atoms with van der Waals surface area (Å²) in [5.41, 5.74) is 6.52. The van der Waals surface area contributed by atoms with Crippen LogP contribution in [0.1, 0.15) is 37.1 Å². The summed E-state index contributed by atoms with van der Waals surface area (Å²) in [5.74, 6) is -2.20. The number of nitrogen functional groups attached to an aromatic ring is 1. The lowest BCUT2D eigenvalue weighted by Gasteiger charge is -2.47. The number of nitrogens with two attached hydrogens (primary N) is 1. The fraction of sp³-hybridized carbons (Fsp3) is 0.320. The van der Waals surface area contributed by atoms with Crippen molar-refractivity contribution in [1.82, 2.24) is 15.0 Å². The second-order valence-corrected chi connectivity index (χ2v) is 9.53. The molecule has 6 rings (SSSR count). The van der Waals surface area contributed by atoms with Crippen molar-refractivity contribution in [2.24, 2.45) is 17.8 Å². The number of aromatic nitrogens is 3. The number of carboxylic acids is 1. The van der Waals surface area contributed by atoms with Crippen LogP contribution >= 0.6 is 11.6 Å². The van der Waals surface area contributed by atoms with Crippen LogP contribution in [0.2, 0.25) is 5.02 Å². The van der Waals surface area contributed by atoms with Gasteiger partial charge in [0.1, 0.15) is 17.2 Å². The average Bonchev–Trinajstić information content (AvgIpc) is 2.87. The second kappa shape index (κ2) is 9.22. The number of halogens is 2. The molecule has 2 aromatic heterocycles. The molecule has 180 valence electrons. The lowest BCUT2D eigenvalue weighted by Crippen LogP contribution is -2.51. The molecule has 3 saturated carbocycles. The molecule has 35 heavy (non-hydrogen) atoms. The molecule has 3 aromatic rings. The van der Waals surface area contributed by atoms with Crippen LogP contribution in [0.3, 0.4) is 0 Å². The molecule has 0 amide bonds. The first-order valence-electron chi connectivity index (χ1n) is 11.5. The van der Waals surface area contributed by atoms with Crippen molar-refractivity contribution in [1.29, 1.82) is 5.41 Å². The molecule has 3 aliphatic rings. The van der Waals surface area contributed by atoms with Gasteiger partial charge >= 0.3 is 5.97 Å². The van der Waals surface area contributed by atoms with Gasteiger partial charge in [-0.2, -0.15) is 0 Å². The zero-order chi connectivity index (χ0) is 24.7. The molecule has 3 aliphatic carbocycles. The maximum Gasteiger partial charge on any atom is 0.308 e. The summed E-state index contributed by atoms with van der Waals surface area (Å²) in [6.07, 6.45) is 4.86. The maximum absolute atomic E-state index is 15.8. The normalized spacial score (nSPS) is 23.1. The van der Waals surface area contributed by atoms with Gasteiger partial charge in [0.05, 0.1) is 10.9 Å². The number of nitrogens with one attached hydrogen (secondary N) is 2. The van der Waals surface area contributed by atoms with E-state index in [0.29, 0.717) is 5.56 Å². The van der Waals surface area contributed by atoms with E-state index in [1.54, 1.807) is 30.3 Å². The van der Waals surface area contributed by atoms with E-state index in [4.69, 9.17) is 22.7 Å². The first kappa shape index (κ1) is 23.2. The van der Waals surface area contributed by atoms with Gasteiger partial charge < -0.3 is 16.2 Å². The van der Waals surface area contributed by atoms with E-state index < -0.39 is 23.7 Å². The molecule has 0 spiro atoms. The molecule has 2 bridgehead atoms. The highest BCUT2D eigenvalue weighted by atomic mass is 35.5. The number of hydrogen-bond donors (Lipinski definition) is 4. The van der Waals surface area contributed by atoms with Gasteiger partial charge in [0, 0.05) is 23.4 Å². The Morgan fingerprint density at radius 3 is 2.51 bits per heavy atom. The van der Waals surface area contributed by atoms with Gasteiger partial charge in [0.15, 0.2) is 17.5 Å². The Labute approximate surface area is 206 Å². The van der Waals surface area contributed by atoms with Crippen LogP contribution in [0.4, 0.5) is 16.0 Å². The fourth-order valence-corrected chi connectivity index (χ4v) is 5.54. The number of carboxylic acid groups (broad SMARTS) is 1. The van der Waals surface area contributed by atoms with Crippen LogP contribution in [0.25, 0.3) is 11.3 Å². The Morgan fingerprint density at radius 1 is 1.14 bits per heavy atom. The molecule has 2 atom stereocenters. The second-order valence-electron chi connectivity index (χ2n) is 9.09.